The molecular weight excluding hydrogens is 232 g/mol. The molecule has 1 aromatic carbocycles. The van der Waals surface area contributed by atoms with Crippen LogP contribution in [0.1, 0.15) is 22.0 Å². The van der Waals surface area contributed by atoms with Crippen molar-refractivity contribution in [3.05, 3.63) is 47.8 Å². The highest BCUT2D eigenvalue weighted by atomic mass is 16.3. The van der Waals surface area contributed by atoms with Crippen LogP contribution in [0.2, 0.25) is 0 Å². The normalized spacial score (nSPS) is 12.3. The van der Waals surface area contributed by atoms with Crippen molar-refractivity contribution in [1.82, 2.24) is 9.78 Å². The average Bonchev–Trinajstić information content (AvgIpc) is 2.78. The molecule has 6 heteroatoms. The molecule has 5 N–H and O–H groups in total. The average molecular weight is 246 g/mol. The van der Waals surface area contributed by atoms with E-state index in [4.69, 9.17) is 11.5 Å². The summed E-state index contributed by atoms with van der Waals surface area (Å²) >= 11 is 0. The van der Waals surface area contributed by atoms with Crippen molar-refractivity contribution in [2.75, 3.05) is 5.73 Å². The van der Waals surface area contributed by atoms with Crippen LogP contribution >= 0.6 is 0 Å². The SMILES string of the molecule is NC(=O)c1cnn(CC(O)c2ccc(N)cc2)c1. The molecule has 0 aliphatic heterocycles. The number of hydrogen-bond donors (Lipinski definition) is 3. The van der Waals surface area contributed by atoms with Crippen molar-refractivity contribution in [3.63, 3.8) is 0 Å². The minimum absolute atomic E-state index is 0.247. The lowest BCUT2D eigenvalue weighted by molar-refractivity contribution is 0.0999. The molecule has 1 aromatic heterocycles. The van der Waals surface area contributed by atoms with E-state index in [1.54, 1.807) is 24.3 Å². The number of hydrogen-bond acceptors (Lipinski definition) is 4. The summed E-state index contributed by atoms with van der Waals surface area (Å²) in [5, 5.41) is 13.9. The Morgan fingerprint density at radius 2 is 2.06 bits per heavy atom. The highest BCUT2D eigenvalue weighted by molar-refractivity contribution is 5.92. The van der Waals surface area contributed by atoms with Crippen LogP contribution in [0.15, 0.2) is 36.7 Å². The summed E-state index contributed by atoms with van der Waals surface area (Å²) in [5.41, 5.74) is 12.4. The first-order chi connectivity index (χ1) is 8.56. The fourth-order valence-electron chi connectivity index (χ4n) is 1.59. The van der Waals surface area contributed by atoms with Gasteiger partial charge in [0.25, 0.3) is 5.91 Å². The minimum Gasteiger partial charge on any atom is -0.399 e. The molecular formula is C12H14N4O2. The second kappa shape index (κ2) is 4.89. The fourth-order valence-corrected chi connectivity index (χ4v) is 1.59. The molecule has 0 saturated carbocycles. The van der Waals surface area contributed by atoms with E-state index in [2.05, 4.69) is 5.10 Å². The van der Waals surface area contributed by atoms with Gasteiger partial charge in [0.15, 0.2) is 0 Å². The number of carbonyl (C=O) groups excluding carboxylic acids is 1. The zero-order valence-corrected chi connectivity index (χ0v) is 9.65. The van der Waals surface area contributed by atoms with Crippen molar-refractivity contribution >= 4 is 11.6 Å². The lowest BCUT2D eigenvalue weighted by Crippen LogP contribution is -2.11. The van der Waals surface area contributed by atoms with Gasteiger partial charge in [0, 0.05) is 11.9 Å². The number of rotatable bonds is 4. The molecule has 0 saturated heterocycles. The van der Waals surface area contributed by atoms with Crippen LogP contribution < -0.4 is 11.5 Å². The summed E-state index contributed by atoms with van der Waals surface area (Å²) in [6.45, 7) is 0.247. The van der Waals surface area contributed by atoms with Crippen LogP contribution in [0.5, 0.6) is 0 Å². The maximum atomic E-state index is 10.9. The lowest BCUT2D eigenvalue weighted by atomic mass is 10.1. The van der Waals surface area contributed by atoms with Crippen LogP contribution in [-0.4, -0.2) is 20.8 Å². The molecule has 6 nitrogen and oxygen atoms in total. The van der Waals surface area contributed by atoms with Gasteiger partial charge in [0.05, 0.1) is 24.4 Å². The van der Waals surface area contributed by atoms with Gasteiger partial charge in [0.1, 0.15) is 0 Å². The Kier molecular flexibility index (Phi) is 3.29. The standard InChI is InChI=1S/C12H14N4O2/c13-10-3-1-8(2-4-10)11(17)7-16-6-9(5-15-16)12(14)18/h1-6,11,17H,7,13H2,(H2,14,18). The Morgan fingerprint density at radius 3 is 2.61 bits per heavy atom. The highest BCUT2D eigenvalue weighted by Crippen LogP contribution is 2.16. The molecule has 94 valence electrons. The van der Waals surface area contributed by atoms with E-state index in [1.807, 2.05) is 0 Å². The number of aliphatic hydroxyl groups is 1. The van der Waals surface area contributed by atoms with Gasteiger partial charge < -0.3 is 16.6 Å². The number of carbonyl (C=O) groups is 1. The van der Waals surface area contributed by atoms with Crippen molar-refractivity contribution < 1.29 is 9.90 Å². The number of amides is 1. The maximum absolute atomic E-state index is 10.9. The first-order valence-electron chi connectivity index (χ1n) is 5.42. The molecule has 0 radical (unpaired) electrons. The summed E-state index contributed by atoms with van der Waals surface area (Å²) in [4.78, 5) is 10.9. The van der Waals surface area contributed by atoms with Crippen molar-refractivity contribution in [2.24, 2.45) is 5.73 Å². The lowest BCUT2D eigenvalue weighted by Gasteiger charge is -2.11. The van der Waals surface area contributed by atoms with E-state index >= 15 is 0 Å². The summed E-state index contributed by atoms with van der Waals surface area (Å²) in [5.74, 6) is -0.539. The van der Waals surface area contributed by atoms with Crippen LogP contribution in [0.4, 0.5) is 5.69 Å². The Hall–Kier alpha value is -2.34. The zero-order chi connectivity index (χ0) is 13.1. The van der Waals surface area contributed by atoms with E-state index in [1.165, 1.54) is 17.1 Å². The minimum atomic E-state index is -0.716. The molecule has 0 fully saturated rings. The van der Waals surface area contributed by atoms with E-state index < -0.39 is 12.0 Å². The number of nitrogens with two attached hydrogens (primary N) is 2. The van der Waals surface area contributed by atoms with E-state index in [-0.39, 0.29) is 6.54 Å². The second-order valence-electron chi connectivity index (χ2n) is 4.00. The molecule has 1 unspecified atom stereocenters. The first kappa shape index (κ1) is 12.1. The molecule has 18 heavy (non-hydrogen) atoms. The maximum Gasteiger partial charge on any atom is 0.251 e. The molecule has 1 amide bonds. The number of anilines is 1. The van der Waals surface area contributed by atoms with Crippen molar-refractivity contribution in [3.8, 4) is 0 Å². The topological polar surface area (TPSA) is 107 Å². The molecule has 1 heterocycles. The summed E-state index contributed by atoms with van der Waals surface area (Å²) in [7, 11) is 0. The first-order valence-corrected chi connectivity index (χ1v) is 5.42. The molecule has 1 atom stereocenters. The van der Waals surface area contributed by atoms with Crippen molar-refractivity contribution in [1.29, 1.82) is 0 Å². The molecule has 0 bridgehead atoms. The molecule has 0 aliphatic rings. The van der Waals surface area contributed by atoms with Gasteiger partial charge in [-0.2, -0.15) is 5.10 Å². The summed E-state index contributed by atoms with van der Waals surface area (Å²) < 4.78 is 1.47. The van der Waals surface area contributed by atoms with Crippen LogP contribution in [0.3, 0.4) is 0 Å². The largest absolute Gasteiger partial charge is 0.399 e. The van der Waals surface area contributed by atoms with Crippen LogP contribution in [0.25, 0.3) is 0 Å². The van der Waals surface area contributed by atoms with Crippen molar-refractivity contribution in [2.45, 2.75) is 12.6 Å². The summed E-state index contributed by atoms with van der Waals surface area (Å²) in [6.07, 6.45) is 2.16. The highest BCUT2D eigenvalue weighted by Gasteiger charge is 2.10. The third-order valence-electron chi connectivity index (χ3n) is 2.60. The van der Waals surface area contributed by atoms with Gasteiger partial charge in [-0.1, -0.05) is 12.1 Å². The third kappa shape index (κ3) is 2.67. The van der Waals surface area contributed by atoms with Gasteiger partial charge in [-0.05, 0) is 17.7 Å². The predicted molar refractivity (Wildman–Crippen MR) is 66.6 cm³/mol. The number of primary amides is 1. The smallest absolute Gasteiger partial charge is 0.251 e. The van der Waals surface area contributed by atoms with E-state index in [9.17, 15) is 9.90 Å². The Labute approximate surface area is 104 Å². The van der Waals surface area contributed by atoms with Gasteiger partial charge in [-0.3, -0.25) is 9.48 Å². The second-order valence-corrected chi connectivity index (χ2v) is 4.00. The monoisotopic (exact) mass is 246 g/mol. The molecule has 0 aliphatic carbocycles. The van der Waals surface area contributed by atoms with Crippen LogP contribution in [-0.2, 0) is 6.54 Å². The zero-order valence-electron chi connectivity index (χ0n) is 9.65. The third-order valence-corrected chi connectivity index (χ3v) is 2.60. The Bertz CT molecular complexity index is 547. The van der Waals surface area contributed by atoms with Crippen LogP contribution in [0, 0.1) is 0 Å². The number of aliphatic hydroxyl groups excluding tert-OH is 1. The Balaban J connectivity index is 2.08. The fraction of sp³-hybridized carbons (Fsp3) is 0.167. The Morgan fingerprint density at radius 1 is 1.39 bits per heavy atom. The van der Waals surface area contributed by atoms with Gasteiger partial charge >= 0.3 is 0 Å². The molecule has 2 rings (SSSR count). The summed E-state index contributed by atoms with van der Waals surface area (Å²) in [6, 6.07) is 6.93. The quantitative estimate of drug-likeness (QED) is 0.674. The molecule has 2 aromatic rings. The van der Waals surface area contributed by atoms with Gasteiger partial charge in [-0.15, -0.1) is 0 Å². The van der Waals surface area contributed by atoms with E-state index in [0.717, 1.165) is 5.56 Å². The number of nitrogens with zero attached hydrogens (tertiary/aromatic N) is 2. The van der Waals surface area contributed by atoms with Gasteiger partial charge in [-0.25, -0.2) is 0 Å². The number of nitrogen functional groups attached to an aromatic ring is 1. The van der Waals surface area contributed by atoms with E-state index in [0.29, 0.717) is 11.3 Å². The van der Waals surface area contributed by atoms with Gasteiger partial charge in [0.2, 0.25) is 0 Å². The molecule has 0 spiro atoms. The number of aromatic nitrogens is 2. The number of benzene rings is 1. The predicted octanol–water partition coefficient (Wildman–Crippen LogP) is 0.298.